The number of thiazole rings is 1. The molecule has 0 unspecified atom stereocenters. The summed E-state index contributed by atoms with van der Waals surface area (Å²) in [5.41, 5.74) is 0.566. The molecule has 2 atom stereocenters. The maximum atomic E-state index is 12.0. The van der Waals surface area contributed by atoms with Gasteiger partial charge in [-0.25, -0.2) is 4.98 Å². The Morgan fingerprint density at radius 1 is 1.35 bits per heavy atom. The molecular weight excluding hydrogens is 354 g/mol. The standard InChI is InChI=1S/C18H25N3O4S/c1-12-5-2-3-6-14(12)20-15(22)10-25-17(24)9-13-11-26-18(19-13)21-8-4-7-16(21)23/h11-12,14H,2-10H2,1H3,(H,20,22)/t12-,14-/m0/s1. The van der Waals surface area contributed by atoms with E-state index < -0.39 is 5.97 Å². The summed E-state index contributed by atoms with van der Waals surface area (Å²) < 4.78 is 5.07. The molecule has 0 radical (unpaired) electrons. The van der Waals surface area contributed by atoms with Crippen molar-refractivity contribution >= 4 is 34.3 Å². The van der Waals surface area contributed by atoms with Crippen molar-refractivity contribution < 1.29 is 19.1 Å². The zero-order valence-corrected chi connectivity index (χ0v) is 15.8. The second-order valence-electron chi connectivity index (χ2n) is 7.04. The number of rotatable bonds is 6. The maximum absolute atomic E-state index is 12.0. The molecule has 26 heavy (non-hydrogen) atoms. The van der Waals surface area contributed by atoms with Crippen molar-refractivity contribution in [2.45, 2.75) is 57.9 Å². The smallest absolute Gasteiger partial charge is 0.312 e. The molecule has 2 amide bonds. The Bertz CT molecular complexity index is 675. The Labute approximate surface area is 157 Å². The Kier molecular flexibility index (Phi) is 6.24. The van der Waals surface area contributed by atoms with Gasteiger partial charge in [0.25, 0.3) is 5.91 Å². The molecule has 1 N–H and O–H groups in total. The van der Waals surface area contributed by atoms with Crippen LogP contribution in [0.4, 0.5) is 5.13 Å². The van der Waals surface area contributed by atoms with Gasteiger partial charge >= 0.3 is 5.97 Å². The lowest BCUT2D eigenvalue weighted by atomic mass is 9.86. The molecule has 1 saturated heterocycles. The number of nitrogens with zero attached hydrogens (tertiary/aromatic N) is 2. The molecule has 1 saturated carbocycles. The summed E-state index contributed by atoms with van der Waals surface area (Å²) in [7, 11) is 0. The Balaban J connectivity index is 1.42. The van der Waals surface area contributed by atoms with Crippen LogP contribution in [0, 0.1) is 5.92 Å². The van der Waals surface area contributed by atoms with Gasteiger partial charge in [0.1, 0.15) is 0 Å². The lowest BCUT2D eigenvalue weighted by Crippen LogP contribution is -2.43. The minimum Gasteiger partial charge on any atom is -0.455 e. The van der Waals surface area contributed by atoms with E-state index >= 15 is 0 Å². The van der Waals surface area contributed by atoms with Crippen LogP contribution >= 0.6 is 11.3 Å². The van der Waals surface area contributed by atoms with Gasteiger partial charge < -0.3 is 10.1 Å². The van der Waals surface area contributed by atoms with Crippen LogP contribution in [0.25, 0.3) is 0 Å². The van der Waals surface area contributed by atoms with Gasteiger partial charge in [-0.1, -0.05) is 19.8 Å². The molecule has 0 aromatic carbocycles. The zero-order valence-electron chi connectivity index (χ0n) is 15.0. The third kappa shape index (κ3) is 4.81. The monoisotopic (exact) mass is 379 g/mol. The van der Waals surface area contributed by atoms with Gasteiger partial charge in [0.05, 0.1) is 12.1 Å². The molecule has 3 rings (SSSR count). The topological polar surface area (TPSA) is 88.6 Å². The fourth-order valence-corrected chi connectivity index (χ4v) is 4.34. The van der Waals surface area contributed by atoms with Gasteiger partial charge in [-0.3, -0.25) is 19.3 Å². The lowest BCUT2D eigenvalue weighted by molar-refractivity contribution is -0.148. The summed E-state index contributed by atoms with van der Waals surface area (Å²) >= 11 is 1.35. The molecule has 1 aliphatic carbocycles. The number of carbonyl (C=O) groups is 3. The van der Waals surface area contributed by atoms with E-state index in [0.29, 0.717) is 29.7 Å². The highest BCUT2D eigenvalue weighted by molar-refractivity contribution is 7.14. The van der Waals surface area contributed by atoms with Gasteiger partial charge in [-0.15, -0.1) is 11.3 Å². The van der Waals surface area contributed by atoms with Crippen molar-refractivity contribution in [2.75, 3.05) is 18.1 Å². The highest BCUT2D eigenvalue weighted by atomic mass is 32.1. The molecule has 142 valence electrons. The largest absolute Gasteiger partial charge is 0.455 e. The molecular formula is C18H25N3O4S. The minimum absolute atomic E-state index is 0.00560. The lowest BCUT2D eigenvalue weighted by Gasteiger charge is -2.29. The SMILES string of the molecule is C[C@H]1CCCC[C@@H]1NC(=O)COC(=O)Cc1csc(N2CCCC2=O)n1. The van der Waals surface area contributed by atoms with Crippen LogP contribution in [-0.2, 0) is 25.5 Å². The predicted molar refractivity (Wildman–Crippen MR) is 97.9 cm³/mol. The number of carbonyl (C=O) groups excluding carboxylic acids is 3. The number of hydrogen-bond donors (Lipinski definition) is 1. The Morgan fingerprint density at radius 2 is 2.15 bits per heavy atom. The van der Waals surface area contributed by atoms with Crippen LogP contribution in [-0.4, -0.2) is 42.0 Å². The minimum atomic E-state index is -0.485. The van der Waals surface area contributed by atoms with E-state index in [9.17, 15) is 14.4 Å². The molecule has 2 fully saturated rings. The summed E-state index contributed by atoms with van der Waals surface area (Å²) in [4.78, 5) is 41.6. The average Bonchev–Trinajstić information content (AvgIpc) is 3.24. The highest BCUT2D eigenvalue weighted by Gasteiger charge is 2.25. The van der Waals surface area contributed by atoms with Crippen molar-refractivity contribution in [2.24, 2.45) is 5.92 Å². The first-order valence-corrected chi connectivity index (χ1v) is 10.1. The molecule has 1 aromatic rings. The maximum Gasteiger partial charge on any atom is 0.312 e. The van der Waals surface area contributed by atoms with E-state index in [4.69, 9.17) is 4.74 Å². The molecule has 1 aliphatic heterocycles. The second kappa shape index (κ2) is 8.62. The molecule has 1 aromatic heterocycles. The van der Waals surface area contributed by atoms with E-state index in [1.54, 1.807) is 10.3 Å². The quantitative estimate of drug-likeness (QED) is 0.764. The number of aromatic nitrogens is 1. The number of esters is 1. The Hall–Kier alpha value is -1.96. The molecule has 2 aliphatic rings. The number of ether oxygens (including phenoxy) is 1. The first-order chi connectivity index (χ1) is 12.5. The van der Waals surface area contributed by atoms with E-state index in [1.165, 1.54) is 17.8 Å². The first kappa shape index (κ1) is 18.8. The second-order valence-corrected chi connectivity index (χ2v) is 7.88. The van der Waals surface area contributed by atoms with Crippen LogP contribution < -0.4 is 10.2 Å². The number of amides is 2. The van der Waals surface area contributed by atoms with Gasteiger partial charge in [0, 0.05) is 24.4 Å². The first-order valence-electron chi connectivity index (χ1n) is 9.22. The van der Waals surface area contributed by atoms with E-state index in [1.807, 2.05) is 0 Å². The number of nitrogens with one attached hydrogen (secondary N) is 1. The molecule has 8 heteroatoms. The third-order valence-corrected chi connectivity index (χ3v) is 5.90. The number of hydrogen-bond acceptors (Lipinski definition) is 6. The van der Waals surface area contributed by atoms with Crippen molar-refractivity contribution in [3.63, 3.8) is 0 Å². The van der Waals surface area contributed by atoms with Crippen molar-refractivity contribution in [3.05, 3.63) is 11.1 Å². The fourth-order valence-electron chi connectivity index (χ4n) is 3.48. The van der Waals surface area contributed by atoms with Crippen molar-refractivity contribution in [3.8, 4) is 0 Å². The van der Waals surface area contributed by atoms with E-state index in [2.05, 4.69) is 17.2 Å². The van der Waals surface area contributed by atoms with E-state index in [-0.39, 0.29) is 30.9 Å². The average molecular weight is 379 g/mol. The van der Waals surface area contributed by atoms with Crippen LogP contribution in [0.2, 0.25) is 0 Å². The summed E-state index contributed by atoms with van der Waals surface area (Å²) in [6.07, 6.45) is 5.83. The summed E-state index contributed by atoms with van der Waals surface area (Å²) in [5.74, 6) is -0.201. The molecule has 0 bridgehead atoms. The van der Waals surface area contributed by atoms with Crippen LogP contribution in [0.15, 0.2) is 5.38 Å². The normalized spacial score (nSPS) is 23.1. The Morgan fingerprint density at radius 3 is 2.88 bits per heavy atom. The van der Waals surface area contributed by atoms with Gasteiger partial charge in [-0.05, 0) is 25.2 Å². The van der Waals surface area contributed by atoms with Gasteiger partial charge in [-0.2, -0.15) is 0 Å². The van der Waals surface area contributed by atoms with E-state index in [0.717, 1.165) is 25.7 Å². The van der Waals surface area contributed by atoms with Crippen LogP contribution in [0.3, 0.4) is 0 Å². The zero-order chi connectivity index (χ0) is 18.5. The van der Waals surface area contributed by atoms with Gasteiger partial charge in [0.15, 0.2) is 11.7 Å². The molecule has 2 heterocycles. The summed E-state index contributed by atoms with van der Waals surface area (Å²) in [6, 6.07) is 0.175. The summed E-state index contributed by atoms with van der Waals surface area (Å²) in [6.45, 7) is 2.56. The third-order valence-electron chi connectivity index (χ3n) is 4.99. The molecule has 0 spiro atoms. The van der Waals surface area contributed by atoms with Crippen molar-refractivity contribution in [1.82, 2.24) is 10.3 Å². The van der Waals surface area contributed by atoms with Crippen LogP contribution in [0.1, 0.15) is 51.1 Å². The van der Waals surface area contributed by atoms with Crippen molar-refractivity contribution in [1.29, 1.82) is 0 Å². The van der Waals surface area contributed by atoms with Crippen LogP contribution in [0.5, 0.6) is 0 Å². The summed E-state index contributed by atoms with van der Waals surface area (Å²) in [5, 5.41) is 5.34. The highest BCUT2D eigenvalue weighted by Crippen LogP contribution is 2.25. The molecule has 7 nitrogen and oxygen atoms in total. The number of anilines is 1. The van der Waals surface area contributed by atoms with Gasteiger partial charge in [0.2, 0.25) is 5.91 Å². The predicted octanol–water partition coefficient (Wildman–Crippen LogP) is 2.05. The fraction of sp³-hybridized carbons (Fsp3) is 0.667.